The summed E-state index contributed by atoms with van der Waals surface area (Å²) in [5.41, 5.74) is 2.64. The Labute approximate surface area is 148 Å². The molecule has 130 valence electrons. The predicted octanol–water partition coefficient (Wildman–Crippen LogP) is 2.45. The lowest BCUT2D eigenvalue weighted by Gasteiger charge is -2.29. The SMILES string of the molecule is O=C1CCCC2=C1[C@@H](c1ncc[nH]1)c1c([nH]n(-c3ccccc3)c1=O)N2. The van der Waals surface area contributed by atoms with Crippen LogP contribution in [0, 0.1) is 0 Å². The first kappa shape index (κ1) is 14.9. The summed E-state index contributed by atoms with van der Waals surface area (Å²) in [7, 11) is 0. The summed E-state index contributed by atoms with van der Waals surface area (Å²) in [6.07, 6.45) is 5.47. The first-order valence-electron chi connectivity index (χ1n) is 8.67. The highest BCUT2D eigenvalue weighted by Gasteiger charge is 2.39. The highest BCUT2D eigenvalue weighted by molar-refractivity contribution is 6.00. The van der Waals surface area contributed by atoms with Crippen LogP contribution in [0.5, 0.6) is 0 Å². The maximum absolute atomic E-state index is 13.2. The first-order chi connectivity index (χ1) is 12.7. The van der Waals surface area contributed by atoms with Crippen molar-refractivity contribution in [3.63, 3.8) is 0 Å². The van der Waals surface area contributed by atoms with Gasteiger partial charge < -0.3 is 10.3 Å². The van der Waals surface area contributed by atoms with Crippen LogP contribution < -0.4 is 10.9 Å². The molecule has 1 aliphatic carbocycles. The zero-order valence-electron chi connectivity index (χ0n) is 14.0. The van der Waals surface area contributed by atoms with Crippen molar-refractivity contribution in [2.24, 2.45) is 0 Å². The van der Waals surface area contributed by atoms with Crippen molar-refractivity contribution in [2.45, 2.75) is 25.2 Å². The van der Waals surface area contributed by atoms with Crippen LogP contribution in [0.15, 0.2) is 58.8 Å². The number of benzene rings is 1. The number of carbonyl (C=O) groups is 1. The highest BCUT2D eigenvalue weighted by Crippen LogP contribution is 2.42. The zero-order chi connectivity index (χ0) is 17.7. The van der Waals surface area contributed by atoms with E-state index in [1.165, 1.54) is 4.68 Å². The van der Waals surface area contributed by atoms with Crippen LogP contribution in [0.4, 0.5) is 5.82 Å². The van der Waals surface area contributed by atoms with Crippen LogP contribution >= 0.6 is 0 Å². The smallest absolute Gasteiger partial charge is 0.277 e. The van der Waals surface area contributed by atoms with Crippen LogP contribution in [-0.2, 0) is 4.79 Å². The normalized spacial score (nSPS) is 19.1. The number of H-pyrrole nitrogens is 2. The predicted molar refractivity (Wildman–Crippen MR) is 96.3 cm³/mol. The van der Waals surface area contributed by atoms with Gasteiger partial charge in [-0.15, -0.1) is 0 Å². The monoisotopic (exact) mass is 347 g/mol. The van der Waals surface area contributed by atoms with E-state index in [0.29, 0.717) is 29.2 Å². The van der Waals surface area contributed by atoms with Gasteiger partial charge in [0.2, 0.25) is 0 Å². The Balaban J connectivity index is 1.75. The molecule has 5 rings (SSSR count). The minimum Gasteiger partial charge on any atom is -0.348 e. The number of Topliss-reactive ketones (excluding diaryl/α,β-unsaturated/α-hetero) is 1. The van der Waals surface area contributed by atoms with Gasteiger partial charge in [0.25, 0.3) is 5.56 Å². The number of hydrogen-bond acceptors (Lipinski definition) is 4. The van der Waals surface area contributed by atoms with E-state index in [9.17, 15) is 9.59 Å². The summed E-state index contributed by atoms with van der Waals surface area (Å²) in [5, 5.41) is 6.46. The van der Waals surface area contributed by atoms with E-state index < -0.39 is 5.92 Å². The Morgan fingerprint density at radius 3 is 2.73 bits per heavy atom. The van der Waals surface area contributed by atoms with Crippen molar-refractivity contribution in [3.8, 4) is 5.69 Å². The molecule has 2 aliphatic rings. The average molecular weight is 347 g/mol. The fourth-order valence-corrected chi connectivity index (χ4v) is 3.90. The van der Waals surface area contributed by atoms with E-state index in [2.05, 4.69) is 20.4 Å². The molecule has 0 spiro atoms. The molecule has 0 bridgehead atoms. The van der Waals surface area contributed by atoms with Gasteiger partial charge in [-0.3, -0.25) is 14.7 Å². The number of hydrogen-bond donors (Lipinski definition) is 3. The number of carbonyl (C=O) groups excluding carboxylic acids is 1. The number of aromatic amines is 2. The lowest BCUT2D eigenvalue weighted by Crippen LogP contribution is -2.30. The molecule has 0 saturated heterocycles. The van der Waals surface area contributed by atoms with Crippen LogP contribution in [0.3, 0.4) is 0 Å². The second-order valence-corrected chi connectivity index (χ2v) is 6.58. The van der Waals surface area contributed by atoms with E-state index in [0.717, 1.165) is 24.2 Å². The van der Waals surface area contributed by atoms with E-state index in [1.54, 1.807) is 12.4 Å². The van der Waals surface area contributed by atoms with Gasteiger partial charge in [-0.1, -0.05) is 18.2 Å². The second-order valence-electron chi connectivity index (χ2n) is 6.58. The second kappa shape index (κ2) is 5.59. The van der Waals surface area contributed by atoms with Crippen molar-refractivity contribution in [2.75, 3.05) is 5.32 Å². The number of nitrogens with one attached hydrogen (secondary N) is 3. The quantitative estimate of drug-likeness (QED) is 0.663. The van der Waals surface area contributed by atoms with E-state index in [4.69, 9.17) is 0 Å². The molecule has 3 aromatic rings. The molecule has 7 nitrogen and oxygen atoms in total. The van der Waals surface area contributed by atoms with Crippen molar-refractivity contribution in [1.29, 1.82) is 0 Å². The Morgan fingerprint density at radius 1 is 1.12 bits per heavy atom. The lowest BCUT2D eigenvalue weighted by atomic mass is 9.80. The summed E-state index contributed by atoms with van der Waals surface area (Å²) in [5.74, 6) is 0.857. The van der Waals surface area contributed by atoms with Crippen LogP contribution in [-0.4, -0.2) is 25.5 Å². The van der Waals surface area contributed by atoms with Crippen LogP contribution in [0.2, 0.25) is 0 Å². The fourth-order valence-electron chi connectivity index (χ4n) is 3.90. The molecule has 0 radical (unpaired) electrons. The summed E-state index contributed by atoms with van der Waals surface area (Å²) in [4.78, 5) is 33.3. The van der Waals surface area contributed by atoms with Crippen molar-refractivity contribution < 1.29 is 4.79 Å². The number of imidazole rings is 1. The Hall–Kier alpha value is -3.35. The van der Waals surface area contributed by atoms with Crippen molar-refractivity contribution >= 4 is 11.6 Å². The Kier molecular flexibility index (Phi) is 3.21. The maximum Gasteiger partial charge on any atom is 0.277 e. The highest BCUT2D eigenvalue weighted by atomic mass is 16.1. The molecule has 0 fully saturated rings. The first-order valence-corrected chi connectivity index (χ1v) is 8.67. The molecule has 0 amide bonds. The minimum atomic E-state index is -0.474. The van der Waals surface area contributed by atoms with Gasteiger partial charge in [0.15, 0.2) is 5.78 Å². The van der Waals surface area contributed by atoms with Gasteiger partial charge in [-0.2, -0.15) is 0 Å². The van der Waals surface area contributed by atoms with Gasteiger partial charge in [0.05, 0.1) is 17.2 Å². The average Bonchev–Trinajstić information content (AvgIpc) is 3.30. The zero-order valence-corrected chi connectivity index (χ0v) is 14.0. The van der Waals surface area contributed by atoms with Crippen molar-refractivity contribution in [1.82, 2.24) is 19.7 Å². The van der Waals surface area contributed by atoms with Gasteiger partial charge in [0.1, 0.15) is 11.6 Å². The van der Waals surface area contributed by atoms with Gasteiger partial charge in [0, 0.05) is 30.1 Å². The minimum absolute atomic E-state index is 0.0812. The van der Waals surface area contributed by atoms with Gasteiger partial charge in [-0.05, 0) is 25.0 Å². The molecular formula is C19H17N5O2. The number of allylic oxidation sites excluding steroid dienone is 2. The number of rotatable bonds is 2. The number of anilines is 1. The topological polar surface area (TPSA) is 95.6 Å². The fraction of sp³-hybridized carbons (Fsp3) is 0.211. The number of nitrogens with zero attached hydrogens (tertiary/aromatic N) is 2. The van der Waals surface area contributed by atoms with Crippen LogP contribution in [0.25, 0.3) is 5.69 Å². The third-order valence-electron chi connectivity index (χ3n) is 5.04. The third kappa shape index (κ3) is 2.10. The van der Waals surface area contributed by atoms with E-state index in [-0.39, 0.29) is 11.3 Å². The Bertz CT molecular complexity index is 1070. The molecular weight excluding hydrogens is 330 g/mol. The summed E-state index contributed by atoms with van der Waals surface area (Å²) < 4.78 is 1.51. The molecule has 1 atom stereocenters. The third-order valence-corrected chi connectivity index (χ3v) is 5.04. The van der Waals surface area contributed by atoms with Crippen molar-refractivity contribution in [3.05, 3.63) is 75.7 Å². The Morgan fingerprint density at radius 2 is 1.96 bits per heavy atom. The number of fused-ring (bicyclic) bond motifs is 1. The standard InChI is InChI=1S/C19H17N5O2/c25-13-8-4-7-12-14(13)15(17-20-9-10-21-17)16-18(22-12)23-24(19(16)26)11-5-2-1-3-6-11/h1-3,5-6,9-10,15,22-23H,4,7-8H2,(H,20,21)/t15-/m1/s1. The van der Waals surface area contributed by atoms with E-state index >= 15 is 0 Å². The van der Waals surface area contributed by atoms with Gasteiger partial charge in [-0.25, -0.2) is 9.67 Å². The van der Waals surface area contributed by atoms with Crippen LogP contribution in [0.1, 0.15) is 36.6 Å². The molecule has 2 aromatic heterocycles. The molecule has 0 saturated carbocycles. The van der Waals surface area contributed by atoms with E-state index in [1.807, 2.05) is 30.3 Å². The molecule has 26 heavy (non-hydrogen) atoms. The van der Waals surface area contributed by atoms with Gasteiger partial charge >= 0.3 is 0 Å². The number of para-hydroxylation sites is 1. The molecule has 3 N–H and O–H groups in total. The molecule has 0 unspecified atom stereocenters. The molecule has 1 aromatic carbocycles. The summed E-state index contributed by atoms with van der Waals surface area (Å²) in [6, 6.07) is 9.39. The number of ketones is 1. The molecule has 3 heterocycles. The molecule has 7 heteroatoms. The summed E-state index contributed by atoms with van der Waals surface area (Å²) >= 11 is 0. The largest absolute Gasteiger partial charge is 0.348 e. The lowest BCUT2D eigenvalue weighted by molar-refractivity contribution is -0.116. The number of aromatic nitrogens is 4. The maximum atomic E-state index is 13.2. The summed E-state index contributed by atoms with van der Waals surface area (Å²) in [6.45, 7) is 0. The molecule has 1 aliphatic heterocycles.